The molecular formula is C27H24N4O5S2. The number of non-ortho nitro benzene ring substituents is 1. The number of likely N-dealkylation sites (tertiary alicyclic amines) is 1. The van der Waals surface area contributed by atoms with Crippen LogP contribution in [0.3, 0.4) is 0 Å². The van der Waals surface area contributed by atoms with E-state index in [-0.39, 0.29) is 24.0 Å². The Morgan fingerprint density at radius 3 is 2.74 bits per heavy atom. The van der Waals surface area contributed by atoms with Crippen molar-refractivity contribution in [2.75, 3.05) is 18.9 Å². The van der Waals surface area contributed by atoms with Gasteiger partial charge in [0.05, 0.1) is 17.7 Å². The number of carbonyl (C=O) groups is 2. The number of nitrogens with zero attached hydrogens (tertiary/aromatic N) is 3. The van der Waals surface area contributed by atoms with Crippen LogP contribution in [0.1, 0.15) is 35.3 Å². The standard InChI is InChI=1S/C27H24N4O5S2/c1-3-16-9-10-22-20(12-16)26(23(32)28-22)27(24(33)30(25(37)38-27)14-19-8-5-11-36-19)21(15-29(26)2)17-6-4-7-18(13-17)31(34)35/h4-13,21H,3,14-15H2,1-2H3,(H,28,32)/t21-,26+,27+/m0/s1. The van der Waals surface area contributed by atoms with Gasteiger partial charge in [-0.1, -0.05) is 55.2 Å². The zero-order valence-electron chi connectivity index (χ0n) is 20.7. The zero-order chi connectivity index (χ0) is 26.8. The largest absolute Gasteiger partial charge is 0.467 e. The Kier molecular flexibility index (Phi) is 5.71. The lowest BCUT2D eigenvalue weighted by molar-refractivity contribution is -0.384. The van der Waals surface area contributed by atoms with E-state index in [0.717, 1.165) is 17.5 Å². The summed E-state index contributed by atoms with van der Waals surface area (Å²) in [5.74, 6) is -0.615. The van der Waals surface area contributed by atoms with Crippen LogP contribution in [0, 0.1) is 10.1 Å². The Morgan fingerprint density at radius 1 is 1.21 bits per heavy atom. The number of amides is 2. The van der Waals surface area contributed by atoms with E-state index < -0.39 is 21.1 Å². The number of rotatable bonds is 5. The summed E-state index contributed by atoms with van der Waals surface area (Å²) in [4.78, 5) is 43.5. The molecule has 9 nitrogen and oxygen atoms in total. The number of carbonyl (C=O) groups excluding carboxylic acids is 2. The Balaban J connectivity index is 1.60. The minimum atomic E-state index is -1.40. The Hall–Kier alpha value is -3.54. The van der Waals surface area contributed by atoms with Crippen molar-refractivity contribution < 1.29 is 18.9 Å². The fourth-order valence-corrected chi connectivity index (χ4v) is 8.37. The van der Waals surface area contributed by atoms with Crippen LogP contribution in [-0.4, -0.2) is 49.2 Å². The molecule has 4 heterocycles. The van der Waals surface area contributed by atoms with E-state index in [2.05, 4.69) is 5.32 Å². The molecule has 2 fully saturated rings. The number of nitrogens with one attached hydrogen (secondary N) is 1. The van der Waals surface area contributed by atoms with Gasteiger partial charge in [-0.25, -0.2) is 0 Å². The molecule has 3 aliphatic heterocycles. The number of aryl methyl sites for hydroxylation is 1. The summed E-state index contributed by atoms with van der Waals surface area (Å²) < 4.78 is 4.45. The molecule has 2 saturated heterocycles. The minimum Gasteiger partial charge on any atom is -0.467 e. The van der Waals surface area contributed by atoms with Crippen LogP contribution in [0.15, 0.2) is 65.3 Å². The van der Waals surface area contributed by atoms with Crippen LogP contribution in [0.5, 0.6) is 0 Å². The first-order chi connectivity index (χ1) is 18.2. The van der Waals surface area contributed by atoms with Crippen molar-refractivity contribution in [3.8, 4) is 0 Å². The zero-order valence-corrected chi connectivity index (χ0v) is 22.3. The van der Waals surface area contributed by atoms with Gasteiger partial charge in [0.1, 0.15) is 14.8 Å². The maximum Gasteiger partial charge on any atom is 0.269 e. The maximum atomic E-state index is 14.7. The number of hydrogen-bond donors (Lipinski definition) is 1. The molecule has 0 bridgehead atoms. The first-order valence-corrected chi connectivity index (χ1v) is 13.4. The lowest BCUT2D eigenvalue weighted by atomic mass is 9.71. The molecule has 194 valence electrons. The highest BCUT2D eigenvalue weighted by Crippen LogP contribution is 2.66. The van der Waals surface area contributed by atoms with E-state index in [9.17, 15) is 19.7 Å². The van der Waals surface area contributed by atoms with Crippen molar-refractivity contribution >= 4 is 51.5 Å². The fourth-order valence-electron chi connectivity index (χ4n) is 6.24. The lowest BCUT2D eigenvalue weighted by Crippen LogP contribution is -2.61. The van der Waals surface area contributed by atoms with Crippen LogP contribution in [-0.2, 0) is 28.1 Å². The summed E-state index contributed by atoms with van der Waals surface area (Å²) in [6.07, 6.45) is 2.29. The van der Waals surface area contributed by atoms with Crippen molar-refractivity contribution in [1.29, 1.82) is 0 Å². The minimum absolute atomic E-state index is 0.0729. The first kappa shape index (κ1) is 24.8. The molecule has 0 unspecified atom stereocenters. The highest BCUT2D eigenvalue weighted by Gasteiger charge is 2.77. The van der Waals surface area contributed by atoms with Gasteiger partial charge in [0.15, 0.2) is 5.54 Å². The molecule has 1 aromatic heterocycles. The second kappa shape index (κ2) is 8.75. The van der Waals surface area contributed by atoms with E-state index in [1.54, 1.807) is 24.3 Å². The average molecular weight is 549 g/mol. The quantitative estimate of drug-likeness (QED) is 0.284. The highest BCUT2D eigenvalue weighted by atomic mass is 32.2. The third-order valence-corrected chi connectivity index (χ3v) is 9.87. The van der Waals surface area contributed by atoms with Gasteiger partial charge >= 0.3 is 0 Å². The summed E-state index contributed by atoms with van der Waals surface area (Å²) in [7, 11) is 1.83. The number of thiocarbonyl (C=S) groups is 1. The summed E-state index contributed by atoms with van der Waals surface area (Å²) in [6.45, 7) is 2.49. The first-order valence-electron chi connectivity index (χ1n) is 12.2. The number of nitro groups is 1. The van der Waals surface area contributed by atoms with Crippen LogP contribution in [0.2, 0.25) is 0 Å². The lowest BCUT2D eigenvalue weighted by Gasteiger charge is -2.41. The third kappa shape index (κ3) is 3.18. The summed E-state index contributed by atoms with van der Waals surface area (Å²) in [5, 5.41) is 14.7. The number of anilines is 1. The van der Waals surface area contributed by atoms with Gasteiger partial charge in [-0.3, -0.25) is 29.5 Å². The molecule has 2 spiro atoms. The molecule has 0 saturated carbocycles. The van der Waals surface area contributed by atoms with Crippen molar-refractivity contribution in [3.63, 3.8) is 0 Å². The molecule has 2 aromatic carbocycles. The number of thioether (sulfide) groups is 1. The number of hydrogen-bond acceptors (Lipinski definition) is 8. The second-order valence-electron chi connectivity index (χ2n) is 9.76. The molecule has 6 rings (SSSR count). The van der Waals surface area contributed by atoms with Crippen molar-refractivity contribution in [3.05, 3.63) is 93.4 Å². The van der Waals surface area contributed by atoms with Gasteiger partial charge in [-0.15, -0.1) is 0 Å². The molecule has 0 aliphatic carbocycles. The number of benzene rings is 2. The van der Waals surface area contributed by atoms with Crippen molar-refractivity contribution in [2.24, 2.45) is 0 Å². The summed E-state index contributed by atoms with van der Waals surface area (Å²) in [6, 6.07) is 15.7. The molecule has 3 aliphatic rings. The second-order valence-corrected chi connectivity index (χ2v) is 11.6. The fraction of sp³-hybridized carbons (Fsp3) is 0.296. The Bertz CT molecular complexity index is 1510. The SMILES string of the molecule is CCc1ccc2c(c1)[C@]1(C(=O)N2)N(C)C[C@@H](c2cccc([N+](=O)[O-])c2)[C@]12SC(=S)N(Cc1ccco1)C2=O. The molecule has 0 radical (unpaired) electrons. The number of furan rings is 1. The summed E-state index contributed by atoms with van der Waals surface area (Å²) in [5.41, 5.74) is 1.57. The molecular weight excluding hydrogens is 524 g/mol. The molecule has 3 atom stereocenters. The van der Waals surface area contributed by atoms with Crippen LogP contribution >= 0.6 is 24.0 Å². The topological polar surface area (TPSA) is 109 Å². The molecule has 11 heteroatoms. The van der Waals surface area contributed by atoms with E-state index in [1.165, 1.54) is 35.1 Å². The van der Waals surface area contributed by atoms with Crippen LogP contribution < -0.4 is 5.32 Å². The predicted molar refractivity (Wildman–Crippen MR) is 147 cm³/mol. The van der Waals surface area contributed by atoms with Gasteiger partial charge in [0.2, 0.25) is 5.91 Å². The predicted octanol–water partition coefficient (Wildman–Crippen LogP) is 4.43. The number of likely N-dealkylation sites (N-methyl/N-ethyl adjacent to an activating group) is 1. The number of fused-ring (bicyclic) bond motifs is 3. The van der Waals surface area contributed by atoms with Gasteiger partial charge in [-0.05, 0) is 42.8 Å². The monoisotopic (exact) mass is 548 g/mol. The van der Waals surface area contributed by atoms with Crippen LogP contribution in [0.25, 0.3) is 0 Å². The van der Waals surface area contributed by atoms with Crippen LogP contribution in [0.4, 0.5) is 11.4 Å². The third-order valence-electron chi connectivity index (χ3n) is 7.93. The molecule has 38 heavy (non-hydrogen) atoms. The molecule has 3 aromatic rings. The van der Waals surface area contributed by atoms with Crippen molar-refractivity contribution in [2.45, 2.75) is 36.1 Å². The molecule has 1 N–H and O–H groups in total. The van der Waals surface area contributed by atoms with Gasteiger partial charge in [-0.2, -0.15) is 0 Å². The van der Waals surface area contributed by atoms with E-state index in [4.69, 9.17) is 16.6 Å². The Morgan fingerprint density at radius 2 is 2.03 bits per heavy atom. The van der Waals surface area contributed by atoms with Gasteiger partial charge in [0.25, 0.3) is 11.6 Å². The number of nitro benzene ring substituents is 1. The Labute approximate surface area is 228 Å². The maximum absolute atomic E-state index is 14.7. The highest BCUT2D eigenvalue weighted by molar-refractivity contribution is 8.25. The summed E-state index contributed by atoms with van der Waals surface area (Å²) >= 11 is 6.99. The smallest absolute Gasteiger partial charge is 0.269 e. The van der Waals surface area contributed by atoms with Gasteiger partial charge in [0, 0.05) is 35.8 Å². The van der Waals surface area contributed by atoms with E-state index in [0.29, 0.717) is 27.9 Å². The van der Waals surface area contributed by atoms with Crippen molar-refractivity contribution in [1.82, 2.24) is 9.80 Å². The van der Waals surface area contributed by atoms with E-state index in [1.807, 2.05) is 37.1 Å². The average Bonchev–Trinajstić information content (AvgIpc) is 3.64. The normalized spacial score (nSPS) is 26.5. The van der Waals surface area contributed by atoms with E-state index >= 15 is 0 Å². The van der Waals surface area contributed by atoms with Gasteiger partial charge < -0.3 is 9.73 Å². The molecule has 2 amide bonds.